The Kier molecular flexibility index (Phi) is 9.05. The largest absolute Gasteiger partial charge is 0.456 e. The average molecular weight is 706 g/mol. The molecule has 4 heteroatoms. The zero-order valence-corrected chi connectivity index (χ0v) is 30.0. The number of hydrogen-bond donors (Lipinski definition) is 0. The Hall–Kier alpha value is -7.43. The van der Waals surface area contributed by atoms with Crippen LogP contribution in [-0.4, -0.2) is 15.0 Å². The molecule has 55 heavy (non-hydrogen) atoms. The zero-order valence-electron chi connectivity index (χ0n) is 30.0. The van der Waals surface area contributed by atoms with Crippen LogP contribution in [0.4, 0.5) is 0 Å². The maximum atomic E-state index is 6.57. The highest BCUT2D eigenvalue weighted by Gasteiger charge is 2.23. The minimum Gasteiger partial charge on any atom is -0.456 e. The Balaban J connectivity index is 1.16. The predicted molar refractivity (Wildman–Crippen MR) is 227 cm³/mol. The van der Waals surface area contributed by atoms with E-state index in [1.54, 1.807) is 6.08 Å². The average Bonchev–Trinajstić information content (AvgIpc) is 3.65. The second kappa shape index (κ2) is 14.9. The number of benzene rings is 7. The molecule has 9 aromatic rings. The molecule has 260 valence electrons. The SMILES string of the molecule is C=C/C=C\c1oc2cccc(-c3ccc(-c4ccccc4)cc3)c2c1-c1nc(-c2ccccc2)nc(-c2ccc(-c3ccc(-c4ccccc4)cc3)cc2)n1. The van der Waals surface area contributed by atoms with E-state index in [4.69, 9.17) is 19.4 Å². The molecule has 0 atom stereocenters. The van der Waals surface area contributed by atoms with Gasteiger partial charge in [-0.1, -0.05) is 195 Å². The second-order valence-electron chi connectivity index (χ2n) is 13.3. The molecule has 0 saturated carbocycles. The molecule has 0 aliphatic carbocycles. The summed E-state index contributed by atoms with van der Waals surface area (Å²) in [5.74, 6) is 2.33. The van der Waals surface area contributed by atoms with Crippen LogP contribution >= 0.6 is 0 Å². The molecule has 0 amide bonds. The van der Waals surface area contributed by atoms with Crippen LogP contribution in [0, 0.1) is 0 Å². The fourth-order valence-corrected chi connectivity index (χ4v) is 7.01. The van der Waals surface area contributed by atoms with E-state index in [1.165, 1.54) is 16.7 Å². The van der Waals surface area contributed by atoms with Gasteiger partial charge < -0.3 is 4.42 Å². The van der Waals surface area contributed by atoms with Crippen molar-refractivity contribution in [3.05, 3.63) is 206 Å². The normalized spacial score (nSPS) is 11.3. The molecular formula is C51H35N3O. The van der Waals surface area contributed by atoms with Crippen LogP contribution in [0.1, 0.15) is 5.76 Å². The Morgan fingerprint density at radius 3 is 1.27 bits per heavy atom. The number of rotatable bonds is 9. The summed E-state index contributed by atoms with van der Waals surface area (Å²) in [6.45, 7) is 3.92. The van der Waals surface area contributed by atoms with Crippen LogP contribution in [0.15, 0.2) is 205 Å². The van der Waals surface area contributed by atoms with Gasteiger partial charge in [-0.3, -0.25) is 0 Å². The molecule has 0 fully saturated rings. The number of hydrogen-bond acceptors (Lipinski definition) is 4. The Morgan fingerprint density at radius 1 is 0.382 bits per heavy atom. The molecule has 2 aromatic heterocycles. The van der Waals surface area contributed by atoms with Gasteiger partial charge in [-0.05, 0) is 56.6 Å². The molecule has 2 heterocycles. The molecule has 0 unspecified atom stereocenters. The topological polar surface area (TPSA) is 51.8 Å². The third kappa shape index (κ3) is 6.81. The van der Waals surface area contributed by atoms with Gasteiger partial charge in [0.15, 0.2) is 17.5 Å². The molecule has 0 bridgehead atoms. The van der Waals surface area contributed by atoms with Crippen LogP contribution < -0.4 is 0 Å². The van der Waals surface area contributed by atoms with Crippen molar-refractivity contribution in [2.45, 2.75) is 0 Å². The van der Waals surface area contributed by atoms with Crippen molar-refractivity contribution in [3.63, 3.8) is 0 Å². The zero-order chi connectivity index (χ0) is 37.0. The van der Waals surface area contributed by atoms with Crippen LogP contribution in [0.25, 0.3) is 95.7 Å². The molecule has 0 aliphatic heterocycles. The molecule has 0 spiro atoms. The lowest BCUT2D eigenvalue weighted by molar-refractivity contribution is 0.605. The first-order valence-electron chi connectivity index (χ1n) is 18.3. The molecule has 7 aromatic carbocycles. The van der Waals surface area contributed by atoms with Gasteiger partial charge >= 0.3 is 0 Å². The Bertz CT molecular complexity index is 2770. The smallest absolute Gasteiger partial charge is 0.168 e. The highest BCUT2D eigenvalue weighted by atomic mass is 16.3. The third-order valence-electron chi connectivity index (χ3n) is 9.79. The maximum absolute atomic E-state index is 6.57. The van der Waals surface area contributed by atoms with Crippen molar-refractivity contribution in [1.29, 1.82) is 0 Å². The van der Waals surface area contributed by atoms with Crippen LogP contribution in [0.2, 0.25) is 0 Å². The summed E-state index contributed by atoms with van der Waals surface area (Å²) in [5.41, 5.74) is 12.4. The van der Waals surface area contributed by atoms with Crippen molar-refractivity contribution in [2.24, 2.45) is 0 Å². The molecule has 0 radical (unpaired) electrons. The van der Waals surface area contributed by atoms with Crippen molar-refractivity contribution >= 4 is 17.0 Å². The lowest BCUT2D eigenvalue weighted by Crippen LogP contribution is -2.01. The Labute approximate surface area is 320 Å². The summed E-state index contributed by atoms with van der Waals surface area (Å²) in [5, 5.41) is 0.934. The second-order valence-corrected chi connectivity index (χ2v) is 13.3. The first kappa shape index (κ1) is 33.4. The summed E-state index contributed by atoms with van der Waals surface area (Å²) in [6, 6.07) is 62.8. The molecule has 0 saturated heterocycles. The Morgan fingerprint density at radius 2 is 0.782 bits per heavy atom. The van der Waals surface area contributed by atoms with E-state index >= 15 is 0 Å². The first-order chi connectivity index (χ1) is 27.2. The molecule has 9 rings (SSSR count). The minimum atomic E-state index is 0.528. The molecule has 0 aliphatic rings. The van der Waals surface area contributed by atoms with Crippen molar-refractivity contribution in [1.82, 2.24) is 15.0 Å². The lowest BCUT2D eigenvalue weighted by Gasteiger charge is -2.11. The van der Waals surface area contributed by atoms with Crippen molar-refractivity contribution in [3.8, 4) is 78.7 Å². The molecular weight excluding hydrogens is 671 g/mol. The third-order valence-corrected chi connectivity index (χ3v) is 9.79. The van der Waals surface area contributed by atoms with E-state index in [1.807, 2.05) is 66.7 Å². The van der Waals surface area contributed by atoms with Crippen LogP contribution in [0.5, 0.6) is 0 Å². The van der Waals surface area contributed by atoms with Gasteiger partial charge in [0.25, 0.3) is 0 Å². The summed E-state index contributed by atoms with van der Waals surface area (Å²) in [4.78, 5) is 15.4. The van der Waals surface area contributed by atoms with E-state index < -0.39 is 0 Å². The monoisotopic (exact) mass is 705 g/mol. The van der Waals surface area contributed by atoms with Crippen LogP contribution in [-0.2, 0) is 0 Å². The van der Waals surface area contributed by atoms with Crippen LogP contribution in [0.3, 0.4) is 0 Å². The van der Waals surface area contributed by atoms with E-state index in [0.717, 1.165) is 55.5 Å². The fourth-order valence-electron chi connectivity index (χ4n) is 7.01. The van der Waals surface area contributed by atoms with E-state index in [-0.39, 0.29) is 0 Å². The van der Waals surface area contributed by atoms with Gasteiger partial charge in [-0.15, -0.1) is 0 Å². The standard InChI is InChI=1S/C51H35N3O/c1-2-3-21-46-48(47-44(20-13-22-45(47)55-46)41-31-27-38(28-32-41)36-16-9-5-10-17-36)51-53-49(42-18-11-6-12-19-42)52-50(54-51)43-33-29-40(30-34-43)39-25-23-37(24-26-39)35-14-7-4-8-15-35/h2-34H,1H2/b21-3-. The van der Waals surface area contributed by atoms with Crippen molar-refractivity contribution < 1.29 is 4.42 Å². The van der Waals surface area contributed by atoms with Gasteiger partial charge in [0.2, 0.25) is 0 Å². The summed E-state index contributed by atoms with van der Waals surface area (Å²) < 4.78 is 6.57. The molecule has 4 nitrogen and oxygen atoms in total. The number of allylic oxidation sites excluding steroid dienone is 2. The number of furan rings is 1. The number of nitrogens with zero attached hydrogens (tertiary/aromatic N) is 3. The van der Waals surface area contributed by atoms with Gasteiger partial charge in [0, 0.05) is 16.5 Å². The quantitative estimate of drug-likeness (QED) is 0.140. The van der Waals surface area contributed by atoms with E-state index in [9.17, 15) is 0 Å². The lowest BCUT2D eigenvalue weighted by atomic mass is 9.95. The fraction of sp³-hybridized carbons (Fsp3) is 0. The van der Waals surface area contributed by atoms with E-state index in [0.29, 0.717) is 23.2 Å². The van der Waals surface area contributed by atoms with Gasteiger partial charge in [0.05, 0.1) is 5.56 Å². The number of fused-ring (bicyclic) bond motifs is 1. The highest BCUT2D eigenvalue weighted by molar-refractivity contribution is 6.06. The first-order valence-corrected chi connectivity index (χ1v) is 18.3. The van der Waals surface area contributed by atoms with Gasteiger partial charge in [0.1, 0.15) is 11.3 Å². The van der Waals surface area contributed by atoms with Gasteiger partial charge in [-0.2, -0.15) is 0 Å². The summed E-state index contributed by atoms with van der Waals surface area (Å²) >= 11 is 0. The summed E-state index contributed by atoms with van der Waals surface area (Å²) in [6.07, 6.45) is 5.54. The van der Waals surface area contributed by atoms with Gasteiger partial charge in [-0.25, -0.2) is 15.0 Å². The highest BCUT2D eigenvalue weighted by Crippen LogP contribution is 2.41. The number of aromatic nitrogens is 3. The maximum Gasteiger partial charge on any atom is 0.168 e. The summed E-state index contributed by atoms with van der Waals surface area (Å²) in [7, 11) is 0. The molecule has 0 N–H and O–H groups in total. The van der Waals surface area contributed by atoms with Crippen molar-refractivity contribution in [2.75, 3.05) is 0 Å². The minimum absolute atomic E-state index is 0.528. The van der Waals surface area contributed by atoms with E-state index in [2.05, 4.69) is 134 Å². The predicted octanol–water partition coefficient (Wildman–Crippen LogP) is 13.5.